The van der Waals surface area contributed by atoms with E-state index < -0.39 is 0 Å². The van der Waals surface area contributed by atoms with Crippen LogP contribution in [0, 0.1) is 0 Å². The Hall–Kier alpha value is -7.16. The van der Waals surface area contributed by atoms with Crippen LogP contribution in [0.2, 0.25) is 0 Å². The Morgan fingerprint density at radius 1 is 0.348 bits per heavy atom. The topological polar surface area (TPSA) is 8.17 Å². The smallest absolute Gasteiger partial charge is 0.0541 e. The van der Waals surface area contributed by atoms with Crippen molar-refractivity contribution in [3.8, 4) is 27.9 Å². The second kappa shape index (κ2) is 15.2. The van der Waals surface area contributed by atoms with E-state index in [1.54, 1.807) is 0 Å². The average Bonchev–Trinajstić information content (AvgIpc) is 3.64. The lowest BCUT2D eigenvalue weighted by Crippen LogP contribution is -2.15. The molecule has 0 fully saturated rings. The fourth-order valence-corrected chi connectivity index (χ4v) is 10.3. The fraction of sp³-hybridized carbons (Fsp3) is 0.188. The summed E-state index contributed by atoms with van der Waals surface area (Å²) in [6.45, 7) is 20.8. The van der Waals surface area contributed by atoms with Crippen molar-refractivity contribution < 1.29 is 0 Å². The largest absolute Gasteiger partial charge is 0.309 e. The first-order valence-electron chi connectivity index (χ1n) is 23.6. The summed E-state index contributed by atoms with van der Waals surface area (Å²) >= 11 is 0. The Balaban J connectivity index is 1.20. The molecule has 324 valence electrons. The summed E-state index contributed by atoms with van der Waals surface area (Å²) in [5, 5.41) is 10.1. The fourth-order valence-electron chi connectivity index (χ4n) is 10.3. The molecule has 0 aliphatic rings. The third kappa shape index (κ3) is 6.94. The molecule has 0 saturated heterocycles. The van der Waals surface area contributed by atoms with E-state index in [9.17, 15) is 0 Å². The SMILES string of the molecule is CC(C)(C)c1ccc(N(c2cccc(-c3ccccc3)c2)c2ccc3ccc4c(-n5c6ccc(C(C)(C)C)cc6c6cc(C(C)(C)C)ccc65)ccc5ccc2c3c54)c(-c2ccccc2)c1. The van der Waals surface area contributed by atoms with Crippen molar-refractivity contribution in [3.63, 3.8) is 0 Å². The molecule has 10 aromatic carbocycles. The van der Waals surface area contributed by atoms with Gasteiger partial charge in [-0.25, -0.2) is 0 Å². The number of fused-ring (bicyclic) bond motifs is 3. The molecule has 11 rings (SSSR count). The van der Waals surface area contributed by atoms with Gasteiger partial charge >= 0.3 is 0 Å². The van der Waals surface area contributed by atoms with Gasteiger partial charge in [-0.3, -0.25) is 0 Å². The number of benzene rings is 10. The number of aromatic nitrogens is 1. The van der Waals surface area contributed by atoms with Crippen molar-refractivity contribution in [2.45, 2.75) is 78.6 Å². The molecular weight excluding hydrogens is 797 g/mol. The van der Waals surface area contributed by atoms with E-state index in [1.807, 2.05) is 0 Å². The predicted octanol–water partition coefficient (Wildman–Crippen LogP) is 18.4. The van der Waals surface area contributed by atoms with Crippen LogP contribution in [0.5, 0.6) is 0 Å². The Morgan fingerprint density at radius 2 is 0.833 bits per heavy atom. The van der Waals surface area contributed by atoms with Gasteiger partial charge in [-0.1, -0.05) is 190 Å². The van der Waals surface area contributed by atoms with E-state index in [0.717, 1.165) is 17.1 Å². The Labute approximate surface area is 390 Å². The van der Waals surface area contributed by atoms with Crippen molar-refractivity contribution in [2.75, 3.05) is 4.90 Å². The monoisotopic (exact) mass is 854 g/mol. The summed E-state index contributed by atoms with van der Waals surface area (Å²) in [5.74, 6) is 0. The first-order valence-corrected chi connectivity index (χ1v) is 23.6. The molecule has 0 amide bonds. The highest BCUT2D eigenvalue weighted by molar-refractivity contribution is 6.27. The molecule has 0 N–H and O–H groups in total. The maximum atomic E-state index is 2.53. The van der Waals surface area contributed by atoms with Gasteiger partial charge in [0.25, 0.3) is 0 Å². The quantitative estimate of drug-likeness (QED) is 0.151. The summed E-state index contributed by atoms with van der Waals surface area (Å²) in [6.07, 6.45) is 0. The van der Waals surface area contributed by atoms with E-state index >= 15 is 0 Å². The summed E-state index contributed by atoms with van der Waals surface area (Å²) in [7, 11) is 0. The lowest BCUT2D eigenvalue weighted by Gasteiger charge is -2.31. The van der Waals surface area contributed by atoms with Crippen LogP contribution in [0.3, 0.4) is 0 Å². The molecule has 0 aliphatic heterocycles. The maximum Gasteiger partial charge on any atom is 0.0541 e. The summed E-state index contributed by atoms with van der Waals surface area (Å²) in [4.78, 5) is 2.51. The number of hydrogen-bond donors (Lipinski definition) is 0. The number of hydrogen-bond acceptors (Lipinski definition) is 1. The van der Waals surface area contributed by atoms with Crippen LogP contribution in [-0.4, -0.2) is 4.57 Å². The Bertz CT molecular complexity index is 3550. The highest BCUT2D eigenvalue weighted by Crippen LogP contribution is 2.49. The second-order valence-electron chi connectivity index (χ2n) is 21.5. The van der Waals surface area contributed by atoms with E-state index in [-0.39, 0.29) is 16.2 Å². The molecule has 0 spiro atoms. The molecule has 0 radical (unpaired) electrons. The molecule has 1 heterocycles. The molecule has 2 nitrogen and oxygen atoms in total. The zero-order valence-corrected chi connectivity index (χ0v) is 39.8. The zero-order chi connectivity index (χ0) is 45.7. The standard InChI is InChI=1S/C64H58N2/c1-62(2,3)46-27-34-57(52(38-46)42-19-14-11-15-20-42)65(49-22-16-21-45(37-49)41-17-12-10-13-18-41)55-32-25-43-24-31-51-56(33-26-44-23-30-50(55)60(43)61(44)51)66-58-35-28-47(63(4,5)6)39-53(58)54-40-48(64(7,8)9)29-36-59(54)66/h10-40H,1-9H3. The van der Waals surface area contributed by atoms with E-state index in [0.29, 0.717) is 0 Å². The van der Waals surface area contributed by atoms with Crippen LogP contribution in [0.1, 0.15) is 79.0 Å². The minimum Gasteiger partial charge on any atom is -0.309 e. The van der Waals surface area contributed by atoms with Crippen LogP contribution >= 0.6 is 0 Å². The van der Waals surface area contributed by atoms with Gasteiger partial charge in [0.1, 0.15) is 0 Å². The zero-order valence-electron chi connectivity index (χ0n) is 39.8. The maximum absolute atomic E-state index is 2.53. The summed E-state index contributed by atoms with van der Waals surface area (Å²) < 4.78 is 2.53. The van der Waals surface area contributed by atoms with Gasteiger partial charge < -0.3 is 9.47 Å². The summed E-state index contributed by atoms with van der Waals surface area (Å²) in [5.41, 5.74) is 15.9. The third-order valence-corrected chi connectivity index (χ3v) is 14.0. The minimum atomic E-state index is -0.0229. The lowest BCUT2D eigenvalue weighted by molar-refractivity contribution is 0.590. The van der Waals surface area contributed by atoms with Crippen LogP contribution in [0.4, 0.5) is 17.1 Å². The van der Waals surface area contributed by atoms with Gasteiger partial charge in [-0.2, -0.15) is 0 Å². The molecule has 0 bridgehead atoms. The van der Waals surface area contributed by atoms with E-state index in [1.165, 1.54) is 98.8 Å². The molecular formula is C64H58N2. The number of nitrogens with zero attached hydrogens (tertiary/aromatic N) is 2. The molecule has 0 saturated carbocycles. The van der Waals surface area contributed by atoms with Gasteiger partial charge in [0.15, 0.2) is 0 Å². The predicted molar refractivity (Wildman–Crippen MR) is 286 cm³/mol. The average molecular weight is 855 g/mol. The van der Waals surface area contributed by atoms with Crippen molar-refractivity contribution in [2.24, 2.45) is 0 Å². The third-order valence-electron chi connectivity index (χ3n) is 14.0. The van der Waals surface area contributed by atoms with Crippen LogP contribution in [-0.2, 0) is 16.2 Å². The molecule has 66 heavy (non-hydrogen) atoms. The number of anilines is 3. The van der Waals surface area contributed by atoms with Crippen LogP contribution < -0.4 is 4.90 Å². The molecule has 2 heteroatoms. The first-order chi connectivity index (χ1) is 31.6. The van der Waals surface area contributed by atoms with Gasteiger partial charge in [0.2, 0.25) is 0 Å². The van der Waals surface area contributed by atoms with Crippen LogP contribution in [0.25, 0.3) is 82.1 Å². The van der Waals surface area contributed by atoms with Gasteiger partial charge in [0.05, 0.1) is 28.1 Å². The molecule has 11 aromatic rings. The lowest BCUT2D eigenvalue weighted by atomic mass is 9.84. The van der Waals surface area contributed by atoms with Crippen molar-refractivity contribution in [3.05, 3.63) is 205 Å². The van der Waals surface area contributed by atoms with E-state index in [2.05, 4.69) is 260 Å². The first kappa shape index (κ1) is 41.5. The number of rotatable bonds is 6. The van der Waals surface area contributed by atoms with Gasteiger partial charge in [-0.15, -0.1) is 0 Å². The highest BCUT2D eigenvalue weighted by atomic mass is 15.1. The van der Waals surface area contributed by atoms with Crippen molar-refractivity contribution in [1.29, 1.82) is 0 Å². The summed E-state index contributed by atoms with van der Waals surface area (Å²) in [6, 6.07) is 70.9. The van der Waals surface area contributed by atoms with Gasteiger partial charge in [0, 0.05) is 32.8 Å². The Morgan fingerprint density at radius 3 is 1.44 bits per heavy atom. The minimum absolute atomic E-state index is 0.0229. The van der Waals surface area contributed by atoms with Crippen molar-refractivity contribution in [1.82, 2.24) is 4.57 Å². The molecule has 0 atom stereocenters. The highest BCUT2D eigenvalue weighted by Gasteiger charge is 2.26. The van der Waals surface area contributed by atoms with E-state index in [4.69, 9.17) is 0 Å². The van der Waals surface area contributed by atoms with Crippen LogP contribution in [0.15, 0.2) is 188 Å². The molecule has 0 aliphatic carbocycles. The molecule has 1 aromatic heterocycles. The Kier molecular flexibility index (Phi) is 9.57. The van der Waals surface area contributed by atoms with Crippen molar-refractivity contribution >= 4 is 71.2 Å². The van der Waals surface area contributed by atoms with Gasteiger partial charge in [-0.05, 0) is 132 Å². The normalized spacial score (nSPS) is 12.6. The second-order valence-corrected chi connectivity index (χ2v) is 21.5. The molecule has 0 unspecified atom stereocenters.